The van der Waals surface area contributed by atoms with Gasteiger partial charge in [0, 0.05) is 20.1 Å². The first kappa shape index (κ1) is 32.3. The first-order chi connectivity index (χ1) is 19.0. The largest absolute Gasteiger partial charge is 0.479 e. The van der Waals surface area contributed by atoms with Crippen molar-refractivity contribution in [3.8, 4) is 5.75 Å². The van der Waals surface area contributed by atoms with Crippen LogP contribution < -0.4 is 26.4 Å². The Hall–Kier alpha value is -3.87. The van der Waals surface area contributed by atoms with Crippen LogP contribution in [0.15, 0.2) is 18.2 Å². The molecule has 1 heterocycles. The van der Waals surface area contributed by atoms with E-state index in [1.54, 1.807) is 0 Å². The van der Waals surface area contributed by atoms with E-state index in [-0.39, 0.29) is 50.0 Å². The summed E-state index contributed by atoms with van der Waals surface area (Å²) in [6.45, 7) is -0.549. The van der Waals surface area contributed by atoms with Crippen LogP contribution in [0.2, 0.25) is 0 Å². The molecule has 0 bridgehead atoms. The summed E-state index contributed by atoms with van der Waals surface area (Å²) >= 11 is 0. The monoisotopic (exact) mass is 572 g/mol. The Labute approximate surface area is 227 Å². The lowest BCUT2D eigenvalue weighted by atomic mass is 9.99. The lowest BCUT2D eigenvalue weighted by Crippen LogP contribution is -2.61. The van der Waals surface area contributed by atoms with Crippen molar-refractivity contribution in [1.29, 1.82) is 0 Å². The van der Waals surface area contributed by atoms with E-state index in [0.29, 0.717) is 5.56 Å². The molecule has 0 spiro atoms. The van der Waals surface area contributed by atoms with Crippen LogP contribution in [-0.4, -0.2) is 114 Å². The number of carbonyl (C=O) groups is 5. The van der Waals surface area contributed by atoms with Crippen molar-refractivity contribution in [3.63, 3.8) is 0 Å². The predicted molar refractivity (Wildman–Crippen MR) is 131 cm³/mol. The standard InChI is InChI=1S/C23H32N4O13/c1-37-5-4-15(29)25-7-12(24)21(34)26-8-16(30)27-13-6-11(9-38-10-28)2-3-14(13)39-23-19(33)17(31)18(32)20(40-23)22(35)36/h2-3,6,10,12,17-20,23,31-33H,4-5,7-9,24H2,1H3,(H,25,29)(H,26,34)(H,27,30)(H,35,36)/t12?,17-,18-,19+,20-,23+/m0/s1. The second-order valence-corrected chi connectivity index (χ2v) is 8.51. The minimum atomic E-state index is -1.94. The van der Waals surface area contributed by atoms with E-state index in [4.69, 9.17) is 19.9 Å². The highest BCUT2D eigenvalue weighted by molar-refractivity contribution is 5.96. The number of hydrogen-bond donors (Lipinski definition) is 8. The predicted octanol–water partition coefficient (Wildman–Crippen LogP) is -3.83. The molecule has 1 aromatic carbocycles. The van der Waals surface area contributed by atoms with Gasteiger partial charge in [0.15, 0.2) is 6.10 Å². The fourth-order valence-electron chi connectivity index (χ4n) is 3.36. The first-order valence-corrected chi connectivity index (χ1v) is 11.8. The summed E-state index contributed by atoms with van der Waals surface area (Å²) in [5, 5.41) is 46.5. The van der Waals surface area contributed by atoms with Crippen molar-refractivity contribution in [1.82, 2.24) is 10.6 Å². The van der Waals surface area contributed by atoms with Crippen LogP contribution in [0.1, 0.15) is 12.0 Å². The number of amides is 3. The number of rotatable bonds is 15. The third-order valence-electron chi connectivity index (χ3n) is 5.50. The van der Waals surface area contributed by atoms with Gasteiger partial charge in [-0.1, -0.05) is 6.07 Å². The number of aliphatic hydroxyl groups excluding tert-OH is 3. The Balaban J connectivity index is 2.08. The van der Waals surface area contributed by atoms with Gasteiger partial charge >= 0.3 is 5.97 Å². The molecule has 2 rings (SSSR count). The van der Waals surface area contributed by atoms with E-state index in [1.165, 1.54) is 25.3 Å². The smallest absolute Gasteiger partial charge is 0.335 e. The number of ether oxygens (including phenoxy) is 4. The van der Waals surface area contributed by atoms with Gasteiger partial charge in [0.2, 0.25) is 24.0 Å². The van der Waals surface area contributed by atoms with Crippen molar-refractivity contribution in [2.24, 2.45) is 5.73 Å². The summed E-state index contributed by atoms with van der Waals surface area (Å²) in [5.74, 6) is -3.67. The average Bonchev–Trinajstić information content (AvgIpc) is 2.93. The minimum absolute atomic E-state index is 0.0655. The molecule has 9 N–H and O–H groups in total. The van der Waals surface area contributed by atoms with Crippen molar-refractivity contribution in [2.75, 3.05) is 32.1 Å². The SMILES string of the molecule is COCCC(=O)NCC(N)C(=O)NCC(=O)Nc1cc(COC=O)ccc1O[C@@H]1O[C@H](C(=O)O)[C@@H](O)[C@H](O)[C@H]1O. The number of carboxylic acids is 1. The Morgan fingerprint density at radius 3 is 2.48 bits per heavy atom. The number of methoxy groups -OCH3 is 1. The molecule has 0 radical (unpaired) electrons. The Kier molecular flexibility index (Phi) is 12.7. The highest BCUT2D eigenvalue weighted by atomic mass is 16.7. The van der Waals surface area contributed by atoms with Gasteiger partial charge in [-0.2, -0.15) is 0 Å². The fraction of sp³-hybridized carbons (Fsp3) is 0.522. The van der Waals surface area contributed by atoms with Crippen LogP contribution in [-0.2, 0) is 44.8 Å². The number of carboxylic acid groups (broad SMARTS) is 1. The molecule has 0 aromatic heterocycles. The highest BCUT2D eigenvalue weighted by Gasteiger charge is 2.48. The molecule has 222 valence electrons. The fourth-order valence-corrected chi connectivity index (χ4v) is 3.36. The number of nitrogens with one attached hydrogen (secondary N) is 3. The molecule has 0 aliphatic carbocycles. The lowest BCUT2D eigenvalue weighted by molar-refractivity contribution is -0.271. The average molecular weight is 573 g/mol. The molecule has 17 heteroatoms. The maximum Gasteiger partial charge on any atom is 0.335 e. The molecule has 1 unspecified atom stereocenters. The van der Waals surface area contributed by atoms with Crippen molar-refractivity contribution in [3.05, 3.63) is 23.8 Å². The summed E-state index contributed by atoms with van der Waals surface area (Å²) < 4.78 is 20.1. The van der Waals surface area contributed by atoms with Crippen molar-refractivity contribution >= 4 is 35.9 Å². The van der Waals surface area contributed by atoms with E-state index in [0.717, 1.165) is 0 Å². The highest BCUT2D eigenvalue weighted by Crippen LogP contribution is 2.31. The van der Waals surface area contributed by atoms with Crippen LogP contribution in [0.5, 0.6) is 5.75 Å². The van der Waals surface area contributed by atoms with E-state index in [2.05, 4.69) is 20.7 Å². The maximum absolute atomic E-state index is 12.6. The molecular weight excluding hydrogens is 540 g/mol. The van der Waals surface area contributed by atoms with E-state index in [1.807, 2.05) is 0 Å². The number of carbonyl (C=O) groups excluding carboxylic acids is 4. The van der Waals surface area contributed by atoms with E-state index < -0.39 is 61.1 Å². The Bertz CT molecular complexity index is 1060. The summed E-state index contributed by atoms with van der Waals surface area (Å²) in [4.78, 5) is 58.3. The summed E-state index contributed by atoms with van der Waals surface area (Å²) in [6.07, 6.45) is -9.36. The second kappa shape index (κ2) is 15.7. The van der Waals surface area contributed by atoms with E-state index in [9.17, 15) is 44.4 Å². The molecule has 0 saturated carbocycles. The zero-order valence-corrected chi connectivity index (χ0v) is 21.3. The summed E-state index contributed by atoms with van der Waals surface area (Å²) in [7, 11) is 1.43. The van der Waals surface area contributed by atoms with Gasteiger partial charge in [-0.25, -0.2) is 4.79 Å². The third kappa shape index (κ3) is 9.40. The zero-order chi connectivity index (χ0) is 29.8. The van der Waals surface area contributed by atoms with Gasteiger partial charge in [0.05, 0.1) is 18.8 Å². The van der Waals surface area contributed by atoms with Gasteiger partial charge in [0.1, 0.15) is 36.7 Å². The van der Waals surface area contributed by atoms with Crippen LogP contribution in [0, 0.1) is 0 Å². The van der Waals surface area contributed by atoms with Crippen molar-refractivity contribution in [2.45, 2.75) is 49.8 Å². The molecule has 6 atom stereocenters. The molecule has 17 nitrogen and oxygen atoms in total. The first-order valence-electron chi connectivity index (χ1n) is 11.8. The number of anilines is 1. The number of aliphatic carboxylic acids is 1. The lowest BCUT2D eigenvalue weighted by Gasteiger charge is -2.38. The van der Waals surface area contributed by atoms with E-state index >= 15 is 0 Å². The Morgan fingerprint density at radius 1 is 1.10 bits per heavy atom. The minimum Gasteiger partial charge on any atom is -0.479 e. The third-order valence-corrected chi connectivity index (χ3v) is 5.50. The quantitative estimate of drug-likeness (QED) is 0.0936. The normalized spacial score (nSPS) is 22.9. The second-order valence-electron chi connectivity index (χ2n) is 8.51. The number of benzene rings is 1. The molecule has 1 aliphatic heterocycles. The molecule has 40 heavy (non-hydrogen) atoms. The summed E-state index contributed by atoms with van der Waals surface area (Å²) in [6, 6.07) is 2.87. The molecule has 1 aromatic rings. The van der Waals surface area contributed by atoms with Gasteiger partial charge in [0.25, 0.3) is 6.47 Å². The van der Waals surface area contributed by atoms with Gasteiger partial charge in [-0.05, 0) is 17.7 Å². The van der Waals surface area contributed by atoms with Crippen molar-refractivity contribution < 1.29 is 63.3 Å². The maximum atomic E-state index is 12.6. The zero-order valence-electron chi connectivity index (χ0n) is 21.3. The molecular formula is C23H32N4O13. The molecule has 1 aliphatic rings. The topological polar surface area (TPSA) is 265 Å². The number of hydrogen-bond acceptors (Lipinski definition) is 13. The van der Waals surface area contributed by atoms with Gasteiger partial charge in [-0.15, -0.1) is 0 Å². The van der Waals surface area contributed by atoms with Crippen LogP contribution in [0.25, 0.3) is 0 Å². The van der Waals surface area contributed by atoms with Crippen LogP contribution >= 0.6 is 0 Å². The molecule has 3 amide bonds. The van der Waals surface area contributed by atoms with Crippen LogP contribution in [0.3, 0.4) is 0 Å². The van der Waals surface area contributed by atoms with Gasteiger partial charge < -0.3 is 61.1 Å². The number of nitrogens with two attached hydrogens (primary N) is 1. The summed E-state index contributed by atoms with van der Waals surface area (Å²) in [5.41, 5.74) is 6.04. The molecule has 1 fully saturated rings. The Morgan fingerprint density at radius 2 is 1.82 bits per heavy atom. The number of aliphatic hydroxyl groups is 3. The van der Waals surface area contributed by atoms with Crippen LogP contribution in [0.4, 0.5) is 5.69 Å². The molecule has 1 saturated heterocycles. The van der Waals surface area contributed by atoms with Gasteiger partial charge in [-0.3, -0.25) is 19.2 Å².